The molecule has 34 heavy (non-hydrogen) atoms. The molecule has 180 valence electrons. The molecule has 0 aromatic heterocycles. The third kappa shape index (κ3) is 5.59. The van der Waals surface area contributed by atoms with Gasteiger partial charge in [-0.15, -0.1) is 0 Å². The Morgan fingerprint density at radius 2 is 1.62 bits per heavy atom. The zero-order valence-corrected chi connectivity index (χ0v) is 19.0. The first-order valence-electron chi connectivity index (χ1n) is 11.7. The summed E-state index contributed by atoms with van der Waals surface area (Å²) in [5.74, 6) is -0.204. The summed E-state index contributed by atoms with van der Waals surface area (Å²) in [7, 11) is 0. The normalized spacial score (nSPS) is 18.0. The van der Waals surface area contributed by atoms with Crippen LogP contribution in [0.25, 0.3) is 0 Å². The number of hydrogen-bond acceptors (Lipinski definition) is 5. The summed E-state index contributed by atoms with van der Waals surface area (Å²) < 4.78 is 13.2. The number of non-ortho nitro benzene ring substituents is 1. The van der Waals surface area contributed by atoms with Crippen LogP contribution in [0.5, 0.6) is 0 Å². The summed E-state index contributed by atoms with van der Waals surface area (Å²) in [6.45, 7) is 2.50. The van der Waals surface area contributed by atoms with E-state index < -0.39 is 4.92 Å². The maximum atomic E-state index is 13.2. The van der Waals surface area contributed by atoms with Crippen molar-refractivity contribution in [3.05, 3.63) is 75.6 Å². The highest BCUT2D eigenvalue weighted by molar-refractivity contribution is 5.94. The first kappa shape index (κ1) is 23.8. The van der Waals surface area contributed by atoms with Crippen molar-refractivity contribution >= 4 is 17.5 Å². The molecule has 1 N–H and O–H groups in total. The van der Waals surface area contributed by atoms with Crippen molar-refractivity contribution in [3.8, 4) is 0 Å². The van der Waals surface area contributed by atoms with E-state index in [2.05, 4.69) is 10.2 Å². The molecule has 8 nitrogen and oxygen atoms in total. The van der Waals surface area contributed by atoms with Gasteiger partial charge in [-0.25, -0.2) is 4.39 Å². The van der Waals surface area contributed by atoms with Gasteiger partial charge in [0.25, 0.3) is 11.6 Å². The summed E-state index contributed by atoms with van der Waals surface area (Å²) in [5, 5.41) is 13.9. The zero-order chi connectivity index (χ0) is 24.1. The van der Waals surface area contributed by atoms with Gasteiger partial charge >= 0.3 is 0 Å². The fraction of sp³-hybridized carbons (Fsp3) is 0.440. The highest BCUT2D eigenvalue weighted by atomic mass is 19.1. The molecule has 9 heteroatoms. The quantitative estimate of drug-likeness (QED) is 0.497. The van der Waals surface area contributed by atoms with Crippen molar-refractivity contribution in [1.29, 1.82) is 0 Å². The van der Waals surface area contributed by atoms with Gasteiger partial charge < -0.3 is 10.2 Å². The number of nitro groups is 1. The van der Waals surface area contributed by atoms with Crippen molar-refractivity contribution in [3.63, 3.8) is 0 Å². The number of halogens is 1. The molecule has 2 aromatic carbocycles. The standard InChI is InChI=1S/C25H29FN4O4/c26-21-9-5-18(6-10-21)17-27-24(31)23(19-3-1-2-4-19)28-13-15-29(16-14-28)25(32)20-7-11-22(12-8-20)30(33)34/h5-12,19,23H,1-4,13-17H2,(H,27,31). The van der Waals surface area contributed by atoms with Crippen LogP contribution in [-0.4, -0.2) is 58.8 Å². The van der Waals surface area contributed by atoms with Crippen molar-refractivity contribution < 1.29 is 18.9 Å². The minimum absolute atomic E-state index is 0.0219. The van der Waals surface area contributed by atoms with Crippen molar-refractivity contribution in [2.24, 2.45) is 5.92 Å². The van der Waals surface area contributed by atoms with Crippen LogP contribution in [0.15, 0.2) is 48.5 Å². The van der Waals surface area contributed by atoms with Gasteiger partial charge in [0.15, 0.2) is 0 Å². The first-order valence-corrected chi connectivity index (χ1v) is 11.7. The Morgan fingerprint density at radius 3 is 2.21 bits per heavy atom. The lowest BCUT2D eigenvalue weighted by atomic mass is 9.94. The molecular weight excluding hydrogens is 439 g/mol. The second kappa shape index (κ2) is 10.7. The van der Waals surface area contributed by atoms with Gasteiger partial charge in [0.2, 0.25) is 5.91 Å². The van der Waals surface area contributed by atoms with Gasteiger partial charge in [0.05, 0.1) is 11.0 Å². The van der Waals surface area contributed by atoms with Crippen LogP contribution in [0, 0.1) is 21.8 Å². The van der Waals surface area contributed by atoms with Crippen LogP contribution in [-0.2, 0) is 11.3 Å². The van der Waals surface area contributed by atoms with Crippen LogP contribution in [0.3, 0.4) is 0 Å². The van der Waals surface area contributed by atoms with E-state index in [9.17, 15) is 24.1 Å². The first-order chi connectivity index (χ1) is 16.4. The van der Waals surface area contributed by atoms with Gasteiger partial charge in [-0.3, -0.25) is 24.6 Å². The smallest absolute Gasteiger partial charge is 0.269 e. The molecule has 4 rings (SSSR count). The topological polar surface area (TPSA) is 95.8 Å². The number of carbonyl (C=O) groups excluding carboxylic acids is 2. The number of benzene rings is 2. The van der Waals surface area contributed by atoms with Crippen LogP contribution in [0.4, 0.5) is 10.1 Å². The number of piperazine rings is 1. The fourth-order valence-corrected chi connectivity index (χ4v) is 4.96. The molecule has 2 aromatic rings. The molecule has 2 aliphatic rings. The average Bonchev–Trinajstić information content (AvgIpc) is 3.38. The van der Waals surface area contributed by atoms with Gasteiger partial charge in [-0.05, 0) is 48.6 Å². The lowest BCUT2D eigenvalue weighted by Crippen LogP contribution is -2.57. The minimum Gasteiger partial charge on any atom is -0.351 e. The Morgan fingerprint density at radius 1 is 1.00 bits per heavy atom. The Hall–Kier alpha value is -3.33. The number of hydrogen-bond donors (Lipinski definition) is 1. The monoisotopic (exact) mass is 468 g/mol. The molecule has 1 heterocycles. The summed E-state index contributed by atoms with van der Waals surface area (Å²) in [4.78, 5) is 40.4. The molecule has 1 aliphatic carbocycles. The summed E-state index contributed by atoms with van der Waals surface area (Å²) in [6.07, 6.45) is 4.25. The van der Waals surface area contributed by atoms with E-state index in [1.807, 2.05) is 0 Å². The number of nitrogens with one attached hydrogen (secondary N) is 1. The van der Waals surface area contributed by atoms with Gasteiger partial charge in [0, 0.05) is 50.4 Å². The molecule has 0 bridgehead atoms. The summed E-state index contributed by atoms with van der Waals surface area (Å²) >= 11 is 0. The molecule has 0 spiro atoms. The van der Waals surface area contributed by atoms with Crippen LogP contribution < -0.4 is 5.32 Å². The van der Waals surface area contributed by atoms with E-state index in [0.29, 0.717) is 38.3 Å². The van der Waals surface area contributed by atoms with E-state index in [1.54, 1.807) is 17.0 Å². The molecule has 2 amide bonds. The zero-order valence-electron chi connectivity index (χ0n) is 19.0. The second-order valence-corrected chi connectivity index (χ2v) is 8.97. The molecule has 1 saturated carbocycles. The highest BCUT2D eigenvalue weighted by Gasteiger charge is 2.37. The Bertz CT molecular complexity index is 1010. The van der Waals surface area contributed by atoms with Gasteiger partial charge in [0.1, 0.15) is 5.82 Å². The third-order valence-electron chi connectivity index (χ3n) is 6.81. The third-order valence-corrected chi connectivity index (χ3v) is 6.81. The lowest BCUT2D eigenvalue weighted by molar-refractivity contribution is -0.384. The second-order valence-electron chi connectivity index (χ2n) is 8.97. The van der Waals surface area contributed by atoms with Crippen molar-refractivity contribution in [2.75, 3.05) is 26.2 Å². The maximum Gasteiger partial charge on any atom is 0.269 e. The van der Waals surface area contributed by atoms with E-state index in [4.69, 9.17) is 0 Å². The Balaban J connectivity index is 1.37. The SMILES string of the molecule is O=C(NCc1ccc(F)cc1)C(C1CCCC1)N1CCN(C(=O)c2ccc([N+](=O)[O-])cc2)CC1. The molecule has 1 atom stereocenters. The Kier molecular flexibility index (Phi) is 7.52. The summed E-state index contributed by atoms with van der Waals surface area (Å²) in [5.41, 5.74) is 1.22. The number of nitrogens with zero attached hydrogens (tertiary/aromatic N) is 3. The molecule has 1 saturated heterocycles. The molecule has 2 fully saturated rings. The van der Waals surface area contributed by atoms with Gasteiger partial charge in [-0.2, -0.15) is 0 Å². The van der Waals surface area contributed by atoms with E-state index in [0.717, 1.165) is 31.2 Å². The maximum absolute atomic E-state index is 13.2. The van der Waals surface area contributed by atoms with Gasteiger partial charge in [-0.1, -0.05) is 25.0 Å². The average molecular weight is 469 g/mol. The molecule has 1 unspecified atom stereocenters. The largest absolute Gasteiger partial charge is 0.351 e. The Labute approximate surface area is 197 Å². The number of nitro benzene ring substituents is 1. The van der Waals surface area contributed by atoms with Crippen LogP contribution in [0.1, 0.15) is 41.6 Å². The van der Waals surface area contributed by atoms with Crippen LogP contribution >= 0.6 is 0 Å². The predicted octanol–water partition coefficient (Wildman–Crippen LogP) is 3.37. The molecular formula is C25H29FN4O4. The van der Waals surface area contributed by atoms with E-state index >= 15 is 0 Å². The fourth-order valence-electron chi connectivity index (χ4n) is 4.96. The van der Waals surface area contributed by atoms with E-state index in [1.165, 1.54) is 36.4 Å². The molecule has 0 radical (unpaired) electrons. The predicted molar refractivity (Wildman–Crippen MR) is 125 cm³/mol. The number of amides is 2. The van der Waals surface area contributed by atoms with Crippen molar-refractivity contribution in [2.45, 2.75) is 38.3 Å². The van der Waals surface area contributed by atoms with Crippen molar-refractivity contribution in [1.82, 2.24) is 15.1 Å². The number of rotatable bonds is 7. The highest BCUT2D eigenvalue weighted by Crippen LogP contribution is 2.31. The molecule has 1 aliphatic heterocycles. The summed E-state index contributed by atoms with van der Waals surface area (Å²) in [6, 6.07) is 11.5. The minimum atomic E-state index is -0.489. The number of carbonyl (C=O) groups is 2. The lowest BCUT2D eigenvalue weighted by Gasteiger charge is -2.40. The van der Waals surface area contributed by atoms with E-state index in [-0.39, 0.29) is 35.3 Å². The van der Waals surface area contributed by atoms with Crippen LogP contribution in [0.2, 0.25) is 0 Å².